The molecule has 0 unspecified atom stereocenters. The van der Waals surface area contributed by atoms with Crippen molar-refractivity contribution in [3.63, 3.8) is 0 Å². The first-order chi connectivity index (χ1) is 12.6. The molecular formula is C20H28N4O2. The third-order valence-corrected chi connectivity index (χ3v) is 5.78. The van der Waals surface area contributed by atoms with Gasteiger partial charge in [0, 0.05) is 39.8 Å². The van der Waals surface area contributed by atoms with Gasteiger partial charge in [-0.3, -0.25) is 9.69 Å². The van der Waals surface area contributed by atoms with Gasteiger partial charge in [0.1, 0.15) is 5.52 Å². The average molecular weight is 356 g/mol. The van der Waals surface area contributed by atoms with Gasteiger partial charge in [-0.15, -0.1) is 0 Å². The molecule has 1 atom stereocenters. The van der Waals surface area contributed by atoms with E-state index in [1.807, 2.05) is 38.4 Å². The minimum absolute atomic E-state index is 0.161. The van der Waals surface area contributed by atoms with Crippen molar-refractivity contribution in [3.8, 4) is 0 Å². The molecule has 0 saturated carbocycles. The van der Waals surface area contributed by atoms with Crippen molar-refractivity contribution in [2.24, 2.45) is 5.92 Å². The van der Waals surface area contributed by atoms with E-state index in [4.69, 9.17) is 4.42 Å². The second kappa shape index (κ2) is 7.27. The predicted molar refractivity (Wildman–Crippen MR) is 102 cm³/mol. The smallest absolute Gasteiger partial charge is 0.298 e. The van der Waals surface area contributed by atoms with Crippen molar-refractivity contribution in [3.05, 3.63) is 24.3 Å². The van der Waals surface area contributed by atoms with E-state index in [1.165, 1.54) is 0 Å². The summed E-state index contributed by atoms with van der Waals surface area (Å²) in [6.07, 6.45) is 4.34. The molecule has 140 valence electrons. The van der Waals surface area contributed by atoms with E-state index in [9.17, 15) is 4.79 Å². The molecule has 2 aromatic rings. The number of hydrogen-bond acceptors (Lipinski definition) is 5. The lowest BCUT2D eigenvalue weighted by molar-refractivity contribution is -0.135. The molecule has 3 heterocycles. The van der Waals surface area contributed by atoms with Crippen LogP contribution in [0, 0.1) is 5.92 Å². The van der Waals surface area contributed by atoms with Gasteiger partial charge in [-0.25, -0.2) is 0 Å². The molecule has 4 rings (SSSR count). The first-order valence-electron chi connectivity index (χ1n) is 9.67. The Kier molecular flexibility index (Phi) is 4.85. The Balaban J connectivity index is 1.36. The molecule has 1 aromatic heterocycles. The number of para-hydroxylation sites is 2. The van der Waals surface area contributed by atoms with Crippen molar-refractivity contribution in [2.75, 3.05) is 45.2 Å². The van der Waals surface area contributed by atoms with Crippen LogP contribution in [-0.2, 0) is 4.79 Å². The maximum absolute atomic E-state index is 12.3. The predicted octanol–water partition coefficient (Wildman–Crippen LogP) is 2.60. The minimum atomic E-state index is 0.161. The van der Waals surface area contributed by atoms with Crippen molar-refractivity contribution < 1.29 is 9.21 Å². The molecule has 2 aliphatic heterocycles. The summed E-state index contributed by atoms with van der Waals surface area (Å²) in [4.78, 5) is 23.5. The van der Waals surface area contributed by atoms with E-state index >= 15 is 0 Å². The fraction of sp³-hybridized carbons (Fsp3) is 0.600. The van der Waals surface area contributed by atoms with Gasteiger partial charge in [0.15, 0.2) is 5.58 Å². The lowest BCUT2D eigenvalue weighted by Crippen LogP contribution is -2.50. The highest BCUT2D eigenvalue weighted by atomic mass is 16.4. The van der Waals surface area contributed by atoms with Crippen LogP contribution >= 0.6 is 0 Å². The van der Waals surface area contributed by atoms with E-state index in [2.05, 4.69) is 14.8 Å². The lowest BCUT2D eigenvalue weighted by atomic mass is 9.93. The van der Waals surface area contributed by atoms with Crippen LogP contribution in [0.4, 0.5) is 6.01 Å². The van der Waals surface area contributed by atoms with Crippen molar-refractivity contribution in [1.29, 1.82) is 0 Å². The Morgan fingerprint density at radius 1 is 1.15 bits per heavy atom. The molecule has 1 aromatic carbocycles. The topological polar surface area (TPSA) is 52.8 Å². The number of likely N-dealkylation sites (tertiary alicyclic amines) is 1. The zero-order valence-corrected chi connectivity index (χ0v) is 15.7. The number of carbonyl (C=O) groups is 1. The SMILES string of the molecule is CN(C)C(=O)[C@H]1CCCN(C2CCN(c3nc4ccccc4o3)CC2)C1. The number of benzene rings is 1. The number of piperidine rings is 2. The Labute approximate surface area is 154 Å². The number of fused-ring (bicyclic) bond motifs is 1. The largest absolute Gasteiger partial charge is 0.423 e. The summed E-state index contributed by atoms with van der Waals surface area (Å²) in [6.45, 7) is 3.94. The molecule has 2 aliphatic rings. The molecule has 6 nitrogen and oxygen atoms in total. The van der Waals surface area contributed by atoms with Crippen LogP contribution in [-0.4, -0.2) is 67.0 Å². The van der Waals surface area contributed by atoms with Crippen LogP contribution in [0.25, 0.3) is 11.1 Å². The maximum atomic E-state index is 12.3. The van der Waals surface area contributed by atoms with Crippen LogP contribution in [0.2, 0.25) is 0 Å². The second-order valence-corrected chi connectivity index (χ2v) is 7.75. The number of oxazole rings is 1. The third-order valence-electron chi connectivity index (χ3n) is 5.78. The normalized spacial score (nSPS) is 22.7. The van der Waals surface area contributed by atoms with Gasteiger partial charge in [-0.1, -0.05) is 12.1 Å². The summed E-state index contributed by atoms with van der Waals surface area (Å²) in [5.74, 6) is 0.437. The average Bonchev–Trinajstić information content (AvgIpc) is 3.12. The molecule has 6 heteroatoms. The zero-order valence-electron chi connectivity index (χ0n) is 15.7. The minimum Gasteiger partial charge on any atom is -0.423 e. The lowest BCUT2D eigenvalue weighted by Gasteiger charge is -2.42. The van der Waals surface area contributed by atoms with Crippen molar-refractivity contribution in [2.45, 2.75) is 31.7 Å². The molecule has 26 heavy (non-hydrogen) atoms. The fourth-order valence-corrected chi connectivity index (χ4v) is 4.32. The number of rotatable bonds is 3. The molecule has 0 aliphatic carbocycles. The Morgan fingerprint density at radius 3 is 2.65 bits per heavy atom. The van der Waals surface area contributed by atoms with Crippen molar-refractivity contribution in [1.82, 2.24) is 14.8 Å². The summed E-state index contributed by atoms with van der Waals surface area (Å²) < 4.78 is 5.91. The van der Waals surface area contributed by atoms with Gasteiger partial charge in [-0.2, -0.15) is 4.98 Å². The Bertz CT molecular complexity index is 731. The quantitative estimate of drug-likeness (QED) is 0.846. The van der Waals surface area contributed by atoms with Gasteiger partial charge in [0.05, 0.1) is 5.92 Å². The number of anilines is 1. The van der Waals surface area contributed by atoms with Crippen LogP contribution in [0.3, 0.4) is 0 Å². The van der Waals surface area contributed by atoms with E-state index in [-0.39, 0.29) is 11.8 Å². The van der Waals surface area contributed by atoms with Crippen LogP contribution < -0.4 is 4.90 Å². The standard InChI is InChI=1S/C20H28N4O2/c1-22(2)19(25)15-6-5-11-24(14-15)16-9-12-23(13-10-16)20-21-17-7-3-4-8-18(17)26-20/h3-4,7-8,15-16H,5-6,9-14H2,1-2H3/t15-/m0/s1. The Hall–Kier alpha value is -2.08. The highest BCUT2D eigenvalue weighted by Crippen LogP contribution is 2.28. The first kappa shape index (κ1) is 17.3. The van der Waals surface area contributed by atoms with E-state index in [1.54, 1.807) is 4.90 Å². The highest BCUT2D eigenvalue weighted by molar-refractivity contribution is 5.78. The Morgan fingerprint density at radius 2 is 1.92 bits per heavy atom. The fourth-order valence-electron chi connectivity index (χ4n) is 4.32. The molecule has 0 radical (unpaired) electrons. The number of aromatic nitrogens is 1. The molecule has 2 fully saturated rings. The summed E-state index contributed by atoms with van der Waals surface area (Å²) in [5, 5.41) is 0. The van der Waals surface area contributed by atoms with E-state index < -0.39 is 0 Å². The van der Waals surface area contributed by atoms with Gasteiger partial charge in [0.25, 0.3) is 6.01 Å². The zero-order chi connectivity index (χ0) is 18.1. The first-order valence-corrected chi connectivity index (χ1v) is 9.67. The second-order valence-electron chi connectivity index (χ2n) is 7.75. The summed E-state index contributed by atoms with van der Waals surface area (Å²) >= 11 is 0. The molecule has 2 saturated heterocycles. The summed E-state index contributed by atoms with van der Waals surface area (Å²) in [6, 6.07) is 9.23. The van der Waals surface area contributed by atoms with Crippen LogP contribution in [0.5, 0.6) is 0 Å². The summed E-state index contributed by atoms with van der Waals surface area (Å²) in [5.41, 5.74) is 1.77. The van der Waals surface area contributed by atoms with E-state index in [0.29, 0.717) is 6.04 Å². The number of carbonyl (C=O) groups excluding carboxylic acids is 1. The molecule has 1 amide bonds. The molecular weight excluding hydrogens is 328 g/mol. The van der Waals surface area contributed by atoms with E-state index in [0.717, 1.165) is 69.0 Å². The molecule has 0 N–H and O–H groups in total. The number of hydrogen-bond donors (Lipinski definition) is 0. The van der Waals surface area contributed by atoms with Crippen LogP contribution in [0.15, 0.2) is 28.7 Å². The van der Waals surface area contributed by atoms with Crippen LogP contribution in [0.1, 0.15) is 25.7 Å². The molecule has 0 bridgehead atoms. The maximum Gasteiger partial charge on any atom is 0.298 e. The third kappa shape index (κ3) is 3.43. The highest BCUT2D eigenvalue weighted by Gasteiger charge is 2.32. The van der Waals surface area contributed by atoms with Gasteiger partial charge in [0.2, 0.25) is 5.91 Å². The van der Waals surface area contributed by atoms with Gasteiger partial charge >= 0.3 is 0 Å². The number of nitrogens with zero attached hydrogens (tertiary/aromatic N) is 4. The van der Waals surface area contributed by atoms with Crippen molar-refractivity contribution >= 4 is 23.0 Å². The summed E-state index contributed by atoms with van der Waals surface area (Å²) in [7, 11) is 3.72. The monoisotopic (exact) mass is 356 g/mol. The van der Waals surface area contributed by atoms with Gasteiger partial charge < -0.3 is 14.2 Å². The number of amides is 1. The molecule has 0 spiro atoms. The van der Waals surface area contributed by atoms with Gasteiger partial charge in [-0.05, 0) is 44.4 Å².